The lowest BCUT2D eigenvalue weighted by Gasteiger charge is -2.04. The Balaban J connectivity index is -0.000000213. The predicted octanol–water partition coefficient (Wildman–Crippen LogP) is -0.273. The number of carbonyl (C=O) groups excluding carboxylic acids is 1. The summed E-state index contributed by atoms with van der Waals surface area (Å²) < 4.78 is 0. The first-order chi connectivity index (χ1) is 3.80. The van der Waals surface area contributed by atoms with E-state index in [0.717, 1.165) is 0 Å². The van der Waals surface area contributed by atoms with Crippen LogP contribution in [-0.4, -0.2) is 12.1 Å². The molecule has 1 aliphatic rings. The summed E-state index contributed by atoms with van der Waals surface area (Å²) >= 11 is 0. The van der Waals surface area contributed by atoms with Gasteiger partial charge in [0.15, 0.2) is 6.17 Å². The minimum atomic E-state index is -0.407. The largest absolute Gasteiger partial charge is 0.366 e. The van der Waals surface area contributed by atoms with Crippen LogP contribution in [0.3, 0.4) is 0 Å². The molecule has 0 spiro atoms. The molecule has 7 heteroatoms. The van der Waals surface area contributed by atoms with Gasteiger partial charge in [-0.3, -0.25) is 4.79 Å². The van der Waals surface area contributed by atoms with Gasteiger partial charge in [-0.15, -0.1) is 37.2 Å². The third-order valence-electron chi connectivity index (χ3n) is 0.894. The highest BCUT2D eigenvalue weighted by Gasteiger charge is 2.12. The van der Waals surface area contributed by atoms with Crippen molar-refractivity contribution in [3.63, 3.8) is 0 Å². The van der Waals surface area contributed by atoms with E-state index in [0.29, 0.717) is 0 Å². The van der Waals surface area contributed by atoms with Gasteiger partial charge in [-0.25, -0.2) is 0 Å². The number of carbonyl (C=O) groups is 1. The molecule has 0 radical (unpaired) electrons. The molecule has 1 heterocycles. The Bertz CT molecular complexity index is 133. The first-order valence-corrected chi connectivity index (χ1v) is 2.27. The van der Waals surface area contributed by atoms with Crippen molar-refractivity contribution >= 4 is 43.1 Å². The van der Waals surface area contributed by atoms with Gasteiger partial charge in [0.2, 0.25) is 0 Å². The quantitative estimate of drug-likeness (QED) is 0.572. The Morgan fingerprint density at radius 2 is 1.55 bits per heavy atom. The molecule has 0 aromatic heterocycles. The van der Waals surface area contributed by atoms with Crippen molar-refractivity contribution in [1.82, 2.24) is 10.6 Å². The van der Waals surface area contributed by atoms with Gasteiger partial charge in [0.05, 0.1) is 0 Å². The van der Waals surface area contributed by atoms with Crippen LogP contribution in [-0.2, 0) is 4.79 Å². The molecule has 1 rings (SSSR count). The smallest absolute Gasteiger partial charge is 0.260 e. The number of halogens is 3. The van der Waals surface area contributed by atoms with Crippen LogP contribution in [0.5, 0.6) is 0 Å². The van der Waals surface area contributed by atoms with E-state index >= 15 is 0 Å². The van der Waals surface area contributed by atoms with Crippen molar-refractivity contribution in [3.8, 4) is 0 Å². The summed E-state index contributed by atoms with van der Waals surface area (Å²) in [5.41, 5.74) is 4.89. The predicted molar refractivity (Wildman–Crippen MR) is 50.1 cm³/mol. The van der Waals surface area contributed by atoms with Gasteiger partial charge >= 0.3 is 0 Å². The number of nitrogens with two attached hydrogens (primary N) is 1. The Morgan fingerprint density at radius 3 is 1.73 bits per heavy atom. The van der Waals surface area contributed by atoms with Crippen LogP contribution in [0.2, 0.25) is 0 Å². The number of nitrogens with one attached hydrogen (secondary N) is 2. The summed E-state index contributed by atoms with van der Waals surface area (Å²) in [6, 6.07) is 0. The molecule has 4 nitrogen and oxygen atoms in total. The average molecular weight is 223 g/mol. The number of rotatable bonds is 1. The van der Waals surface area contributed by atoms with Gasteiger partial charge in [-0.1, -0.05) is 0 Å². The van der Waals surface area contributed by atoms with Crippen molar-refractivity contribution in [2.75, 3.05) is 0 Å². The molecule has 68 valence electrons. The first kappa shape index (κ1) is 17.0. The fraction of sp³-hybridized carbons (Fsp3) is 0.250. The van der Waals surface area contributed by atoms with Crippen molar-refractivity contribution < 1.29 is 4.79 Å². The van der Waals surface area contributed by atoms with Gasteiger partial charge in [-0.2, -0.15) is 0 Å². The van der Waals surface area contributed by atoms with Crippen molar-refractivity contribution in [2.45, 2.75) is 6.17 Å². The lowest BCUT2D eigenvalue weighted by atomic mass is 10.5. The van der Waals surface area contributed by atoms with Gasteiger partial charge in [0, 0.05) is 12.4 Å². The zero-order valence-corrected chi connectivity index (χ0v) is 7.89. The SMILES string of the molecule is Cl.Cl.Cl.NC(=O)C1NC=CN1. The number of hydrogen-bond donors (Lipinski definition) is 3. The molecular weight excluding hydrogens is 212 g/mol. The number of amides is 1. The molecule has 4 N–H and O–H groups in total. The highest BCUT2D eigenvalue weighted by molar-refractivity contribution is 5.86. The molecule has 1 amide bonds. The lowest BCUT2D eigenvalue weighted by molar-refractivity contribution is -0.120. The van der Waals surface area contributed by atoms with Gasteiger partial charge in [0.1, 0.15) is 0 Å². The molecule has 11 heavy (non-hydrogen) atoms. The first-order valence-electron chi connectivity index (χ1n) is 2.27. The minimum Gasteiger partial charge on any atom is -0.366 e. The zero-order chi connectivity index (χ0) is 5.98. The standard InChI is InChI=1S/C4H7N3O.3ClH/c5-3(8)4-6-1-2-7-4;;;/h1-2,4,6-7H,(H2,5,8);3*1H. The van der Waals surface area contributed by atoms with E-state index in [-0.39, 0.29) is 37.2 Å². The summed E-state index contributed by atoms with van der Waals surface area (Å²) in [5, 5.41) is 5.38. The van der Waals surface area contributed by atoms with Crippen molar-refractivity contribution in [2.24, 2.45) is 5.73 Å². The summed E-state index contributed by atoms with van der Waals surface area (Å²) in [7, 11) is 0. The summed E-state index contributed by atoms with van der Waals surface area (Å²) in [6.45, 7) is 0. The molecule has 0 aromatic carbocycles. The molecular formula is C4H10Cl3N3O. The fourth-order valence-electron chi connectivity index (χ4n) is 0.501. The Morgan fingerprint density at radius 1 is 1.18 bits per heavy atom. The monoisotopic (exact) mass is 221 g/mol. The maximum atomic E-state index is 10.3. The van der Waals surface area contributed by atoms with Gasteiger partial charge < -0.3 is 16.4 Å². The molecule has 0 aromatic rings. The zero-order valence-electron chi connectivity index (χ0n) is 5.44. The summed E-state index contributed by atoms with van der Waals surface area (Å²) in [4.78, 5) is 10.3. The molecule has 0 saturated heterocycles. The van der Waals surface area contributed by atoms with Crippen LogP contribution in [0.1, 0.15) is 0 Å². The average Bonchev–Trinajstić information content (AvgIpc) is 2.12. The van der Waals surface area contributed by atoms with E-state index in [2.05, 4.69) is 10.6 Å². The Labute approximate surface area is 83.2 Å². The topological polar surface area (TPSA) is 67.2 Å². The van der Waals surface area contributed by atoms with Crippen LogP contribution >= 0.6 is 37.2 Å². The molecule has 0 saturated carbocycles. The normalized spacial score (nSPS) is 12.7. The Hall–Kier alpha value is -0.320. The van der Waals surface area contributed by atoms with Crippen LogP contribution in [0.25, 0.3) is 0 Å². The van der Waals surface area contributed by atoms with E-state index in [1.54, 1.807) is 12.4 Å². The van der Waals surface area contributed by atoms with E-state index in [4.69, 9.17) is 5.73 Å². The summed E-state index contributed by atoms with van der Waals surface area (Å²) in [6.07, 6.45) is 2.86. The lowest BCUT2D eigenvalue weighted by Crippen LogP contribution is -2.43. The molecule has 0 atom stereocenters. The van der Waals surface area contributed by atoms with Gasteiger partial charge in [0.25, 0.3) is 5.91 Å². The molecule has 1 aliphatic heterocycles. The molecule has 0 fully saturated rings. The van der Waals surface area contributed by atoms with E-state index < -0.39 is 12.1 Å². The Kier molecular flexibility index (Phi) is 12.0. The van der Waals surface area contributed by atoms with E-state index in [1.807, 2.05) is 0 Å². The molecule has 0 aliphatic carbocycles. The van der Waals surface area contributed by atoms with Crippen LogP contribution in [0.15, 0.2) is 12.4 Å². The fourth-order valence-corrected chi connectivity index (χ4v) is 0.501. The van der Waals surface area contributed by atoms with Crippen molar-refractivity contribution in [3.05, 3.63) is 12.4 Å². The molecule has 0 unspecified atom stereocenters. The highest BCUT2D eigenvalue weighted by atomic mass is 35.5. The second-order valence-electron chi connectivity index (χ2n) is 1.50. The summed E-state index contributed by atoms with van der Waals surface area (Å²) in [5.74, 6) is -0.394. The number of hydrogen-bond acceptors (Lipinski definition) is 3. The van der Waals surface area contributed by atoms with E-state index in [1.165, 1.54) is 0 Å². The second kappa shape index (κ2) is 7.78. The van der Waals surface area contributed by atoms with Gasteiger partial charge in [-0.05, 0) is 0 Å². The third kappa shape index (κ3) is 5.01. The van der Waals surface area contributed by atoms with Crippen molar-refractivity contribution in [1.29, 1.82) is 0 Å². The van der Waals surface area contributed by atoms with Crippen LogP contribution < -0.4 is 16.4 Å². The van der Waals surface area contributed by atoms with Crippen LogP contribution in [0, 0.1) is 0 Å². The third-order valence-corrected chi connectivity index (χ3v) is 0.894. The second-order valence-corrected chi connectivity index (χ2v) is 1.50. The maximum Gasteiger partial charge on any atom is 0.260 e. The molecule has 0 bridgehead atoms. The number of primary amides is 1. The minimum absolute atomic E-state index is 0. The van der Waals surface area contributed by atoms with Crippen LogP contribution in [0.4, 0.5) is 0 Å². The maximum absolute atomic E-state index is 10.3. The van der Waals surface area contributed by atoms with E-state index in [9.17, 15) is 4.79 Å². The highest BCUT2D eigenvalue weighted by Crippen LogP contribution is 1.82.